The van der Waals surface area contributed by atoms with Gasteiger partial charge in [-0.3, -0.25) is 4.79 Å². The maximum absolute atomic E-state index is 14.2. The summed E-state index contributed by atoms with van der Waals surface area (Å²) in [6, 6.07) is 16.6. The van der Waals surface area contributed by atoms with Crippen LogP contribution in [0.25, 0.3) is 22.3 Å². The second-order valence-electron chi connectivity index (χ2n) is 10.3. The first-order chi connectivity index (χ1) is 20.4. The minimum Gasteiger partial charge on any atom is -0.488 e. The maximum Gasteiger partial charge on any atom is 0.255 e. The first-order valence-electron chi connectivity index (χ1n) is 13.8. The van der Waals surface area contributed by atoms with E-state index in [2.05, 4.69) is 20.9 Å². The second-order valence-corrected chi connectivity index (χ2v) is 10.3. The van der Waals surface area contributed by atoms with Crippen molar-refractivity contribution in [3.05, 3.63) is 96.1 Å². The smallest absolute Gasteiger partial charge is 0.255 e. The van der Waals surface area contributed by atoms with Crippen molar-refractivity contribution in [1.82, 2.24) is 15.6 Å². The van der Waals surface area contributed by atoms with E-state index in [9.17, 15) is 18.0 Å². The predicted octanol–water partition coefficient (Wildman–Crippen LogP) is 5.57. The van der Waals surface area contributed by atoms with E-state index in [-0.39, 0.29) is 12.2 Å². The van der Waals surface area contributed by atoms with E-state index in [4.69, 9.17) is 9.47 Å². The van der Waals surface area contributed by atoms with Crippen LogP contribution in [0.5, 0.6) is 11.5 Å². The highest BCUT2D eigenvalue weighted by Gasteiger charge is 2.22. The van der Waals surface area contributed by atoms with Crippen LogP contribution in [0, 0.1) is 17.6 Å². The molecule has 2 aliphatic rings. The molecule has 3 heterocycles. The molecule has 0 saturated carbocycles. The van der Waals surface area contributed by atoms with Gasteiger partial charge in [-0.25, -0.2) is 13.8 Å². The average Bonchev–Trinajstić information content (AvgIpc) is 3.71. The van der Waals surface area contributed by atoms with Gasteiger partial charge in [0.15, 0.2) is 11.6 Å². The maximum atomic E-state index is 14.2. The van der Waals surface area contributed by atoms with E-state index in [0.717, 1.165) is 44.6 Å². The van der Waals surface area contributed by atoms with Gasteiger partial charge in [0, 0.05) is 47.2 Å². The van der Waals surface area contributed by atoms with E-state index in [1.807, 2.05) is 0 Å². The van der Waals surface area contributed by atoms with Crippen molar-refractivity contribution >= 4 is 11.6 Å². The standard InChI is InChI=1S/C32H29F3N4O3/c33-27-5-1-19(14-28(27)34)25-13-20(2-6-29(25)41-23-9-11-36-17-23)32(40)39-22-4-7-30(42-24-10-12-37-18-24)26(15-22)21-3-8-31(35)38-16-21/h1-8,13-16,23-24,36-37H,9-12,17-18H2,(H,39,40). The minimum atomic E-state index is -0.991. The Morgan fingerprint density at radius 3 is 2.05 bits per heavy atom. The molecule has 0 aliphatic carbocycles. The van der Waals surface area contributed by atoms with Crippen LogP contribution in [0.1, 0.15) is 23.2 Å². The van der Waals surface area contributed by atoms with E-state index in [1.54, 1.807) is 42.5 Å². The Balaban J connectivity index is 1.30. The monoisotopic (exact) mass is 574 g/mol. The molecule has 0 bridgehead atoms. The van der Waals surface area contributed by atoms with E-state index in [1.165, 1.54) is 18.3 Å². The lowest BCUT2D eigenvalue weighted by molar-refractivity contribution is 0.102. The number of amides is 1. The number of pyridine rings is 1. The number of hydrogen-bond acceptors (Lipinski definition) is 6. The van der Waals surface area contributed by atoms with Crippen molar-refractivity contribution in [2.24, 2.45) is 0 Å². The van der Waals surface area contributed by atoms with E-state index < -0.39 is 23.5 Å². The Labute approximate surface area is 241 Å². The molecule has 3 N–H and O–H groups in total. The molecule has 6 rings (SSSR count). The largest absolute Gasteiger partial charge is 0.488 e. The van der Waals surface area contributed by atoms with Crippen LogP contribution >= 0.6 is 0 Å². The number of nitrogens with one attached hydrogen (secondary N) is 3. The Bertz CT molecular complexity index is 1590. The number of rotatable bonds is 8. The molecule has 3 aromatic carbocycles. The fraction of sp³-hybridized carbons (Fsp3) is 0.250. The van der Waals surface area contributed by atoms with Gasteiger partial charge in [-0.1, -0.05) is 6.07 Å². The van der Waals surface area contributed by atoms with Crippen molar-refractivity contribution in [3.63, 3.8) is 0 Å². The van der Waals surface area contributed by atoms with Crippen LogP contribution in [0.4, 0.5) is 18.9 Å². The molecular weight excluding hydrogens is 545 g/mol. The van der Waals surface area contributed by atoms with Gasteiger partial charge < -0.3 is 25.4 Å². The summed E-state index contributed by atoms with van der Waals surface area (Å²) in [6.07, 6.45) is 3.00. The molecule has 0 spiro atoms. The van der Waals surface area contributed by atoms with Gasteiger partial charge in [-0.2, -0.15) is 4.39 Å². The van der Waals surface area contributed by atoms with Crippen LogP contribution in [0.3, 0.4) is 0 Å². The summed E-state index contributed by atoms with van der Waals surface area (Å²) in [5.41, 5.74) is 2.94. The molecular formula is C32H29F3N4O3. The van der Waals surface area contributed by atoms with Crippen molar-refractivity contribution in [2.75, 3.05) is 31.5 Å². The summed E-state index contributed by atoms with van der Waals surface area (Å²) < 4.78 is 53.8. The highest BCUT2D eigenvalue weighted by molar-refractivity contribution is 6.05. The summed E-state index contributed by atoms with van der Waals surface area (Å²) in [4.78, 5) is 17.2. The Kier molecular flexibility index (Phi) is 8.07. The Hall–Kier alpha value is -4.41. The molecule has 2 atom stereocenters. The zero-order valence-corrected chi connectivity index (χ0v) is 22.6. The van der Waals surface area contributed by atoms with Gasteiger partial charge in [-0.15, -0.1) is 0 Å². The van der Waals surface area contributed by atoms with Crippen LogP contribution < -0.4 is 25.4 Å². The van der Waals surface area contributed by atoms with Crippen molar-refractivity contribution in [3.8, 4) is 33.8 Å². The number of ether oxygens (including phenoxy) is 2. The molecule has 7 nitrogen and oxygen atoms in total. The number of carbonyl (C=O) groups is 1. The SMILES string of the molecule is O=C(Nc1ccc(OC2CCNC2)c(-c2ccc(F)nc2)c1)c1ccc(OC2CCNC2)c(-c2ccc(F)c(F)c2)c1. The Morgan fingerprint density at radius 1 is 0.762 bits per heavy atom. The molecule has 1 amide bonds. The molecule has 2 saturated heterocycles. The molecule has 0 radical (unpaired) electrons. The van der Waals surface area contributed by atoms with Crippen molar-refractivity contribution in [2.45, 2.75) is 25.0 Å². The third kappa shape index (κ3) is 6.24. The predicted molar refractivity (Wildman–Crippen MR) is 153 cm³/mol. The summed E-state index contributed by atoms with van der Waals surface area (Å²) in [5, 5.41) is 9.41. The molecule has 216 valence electrons. The van der Waals surface area contributed by atoms with Gasteiger partial charge >= 0.3 is 0 Å². The second kappa shape index (κ2) is 12.2. The molecule has 2 unspecified atom stereocenters. The van der Waals surface area contributed by atoms with Gasteiger partial charge in [-0.05, 0) is 92.2 Å². The molecule has 42 heavy (non-hydrogen) atoms. The third-order valence-corrected chi connectivity index (χ3v) is 7.37. The number of aromatic nitrogens is 1. The highest BCUT2D eigenvalue weighted by Crippen LogP contribution is 2.36. The molecule has 1 aromatic heterocycles. The van der Waals surface area contributed by atoms with Crippen LogP contribution in [-0.4, -0.2) is 49.3 Å². The van der Waals surface area contributed by atoms with E-state index >= 15 is 0 Å². The number of anilines is 1. The topological polar surface area (TPSA) is 84.5 Å². The third-order valence-electron chi connectivity index (χ3n) is 7.37. The van der Waals surface area contributed by atoms with Gasteiger partial charge in [0.2, 0.25) is 5.95 Å². The minimum absolute atomic E-state index is 0.00642. The summed E-state index contributed by atoms with van der Waals surface area (Å²) in [6.45, 7) is 3.07. The first-order valence-corrected chi connectivity index (χ1v) is 13.8. The average molecular weight is 575 g/mol. The fourth-order valence-electron chi connectivity index (χ4n) is 5.15. The highest BCUT2D eigenvalue weighted by atomic mass is 19.2. The van der Waals surface area contributed by atoms with Gasteiger partial charge in [0.1, 0.15) is 23.7 Å². The van der Waals surface area contributed by atoms with Gasteiger partial charge in [0.25, 0.3) is 5.91 Å². The lowest BCUT2D eigenvalue weighted by Crippen LogP contribution is -2.20. The van der Waals surface area contributed by atoms with Gasteiger partial charge in [0.05, 0.1) is 0 Å². The van der Waals surface area contributed by atoms with Crippen LogP contribution in [0.2, 0.25) is 0 Å². The van der Waals surface area contributed by atoms with Crippen molar-refractivity contribution < 1.29 is 27.4 Å². The molecule has 2 aliphatic heterocycles. The first kappa shape index (κ1) is 27.7. The molecule has 10 heteroatoms. The fourth-order valence-corrected chi connectivity index (χ4v) is 5.15. The van der Waals surface area contributed by atoms with E-state index in [0.29, 0.717) is 51.5 Å². The zero-order valence-electron chi connectivity index (χ0n) is 22.6. The number of halogens is 3. The number of hydrogen-bond donors (Lipinski definition) is 3. The molecule has 4 aromatic rings. The number of carbonyl (C=O) groups excluding carboxylic acids is 1. The number of nitrogens with zero attached hydrogens (tertiary/aromatic N) is 1. The Morgan fingerprint density at radius 2 is 1.43 bits per heavy atom. The summed E-state index contributed by atoms with van der Waals surface area (Å²) in [7, 11) is 0. The normalized spacial score (nSPS) is 18.2. The zero-order chi connectivity index (χ0) is 29.1. The van der Waals surface area contributed by atoms with Crippen LogP contribution in [-0.2, 0) is 0 Å². The summed E-state index contributed by atoms with van der Waals surface area (Å²) >= 11 is 0. The lowest BCUT2D eigenvalue weighted by Gasteiger charge is -2.18. The quantitative estimate of drug-likeness (QED) is 0.239. The summed E-state index contributed by atoms with van der Waals surface area (Å²) in [5.74, 6) is -1.89. The molecule has 2 fully saturated rings. The lowest BCUT2D eigenvalue weighted by atomic mass is 10.0. The van der Waals surface area contributed by atoms with Crippen LogP contribution in [0.15, 0.2) is 72.9 Å². The number of benzene rings is 3. The van der Waals surface area contributed by atoms with Crippen molar-refractivity contribution in [1.29, 1.82) is 0 Å².